The van der Waals surface area contributed by atoms with Crippen LogP contribution in [0.3, 0.4) is 0 Å². The van der Waals surface area contributed by atoms with E-state index in [9.17, 15) is 9.59 Å². The average Bonchev–Trinajstić information content (AvgIpc) is 2.79. The number of nitrogens with zero attached hydrogens (tertiary/aromatic N) is 3. The molecule has 7 nitrogen and oxygen atoms in total. The van der Waals surface area contributed by atoms with Gasteiger partial charge in [-0.1, -0.05) is 0 Å². The Morgan fingerprint density at radius 3 is 3.18 bits per heavy atom. The van der Waals surface area contributed by atoms with E-state index in [2.05, 4.69) is 15.2 Å². The summed E-state index contributed by atoms with van der Waals surface area (Å²) in [6, 6.07) is 1.58. The highest BCUT2D eigenvalue weighted by atomic mass is 32.1. The van der Waals surface area contributed by atoms with Crippen LogP contribution in [0.4, 0.5) is 0 Å². The van der Waals surface area contributed by atoms with Crippen molar-refractivity contribution in [3.8, 4) is 0 Å². The molecule has 2 fully saturated rings. The van der Waals surface area contributed by atoms with Crippen LogP contribution in [-0.2, 0) is 16.1 Å². The third-order valence-corrected chi connectivity index (χ3v) is 4.81. The van der Waals surface area contributed by atoms with Crippen molar-refractivity contribution < 1.29 is 9.53 Å². The smallest absolute Gasteiger partial charge is 0.258 e. The van der Waals surface area contributed by atoms with Crippen molar-refractivity contribution in [3.63, 3.8) is 0 Å². The monoisotopic (exact) mass is 320 g/mol. The summed E-state index contributed by atoms with van der Waals surface area (Å²) in [7, 11) is 0. The SMILES string of the molecule is O=C1N[C@@H]2COC[C@H]1CN(Cc1cc(=O)n3ccsc3n1)C2. The summed E-state index contributed by atoms with van der Waals surface area (Å²) in [5.74, 6) is -0.0918. The minimum absolute atomic E-state index is 0.00608. The fourth-order valence-electron chi connectivity index (χ4n) is 3.05. The van der Waals surface area contributed by atoms with Crippen LogP contribution >= 0.6 is 11.3 Å². The molecule has 2 aliphatic rings. The van der Waals surface area contributed by atoms with E-state index in [1.54, 1.807) is 16.7 Å². The zero-order valence-electron chi connectivity index (χ0n) is 11.9. The summed E-state index contributed by atoms with van der Waals surface area (Å²) in [5.41, 5.74) is 0.689. The molecule has 4 rings (SSSR count). The lowest BCUT2D eigenvalue weighted by Gasteiger charge is -2.26. The molecule has 1 N–H and O–H groups in total. The molecule has 2 bridgehead atoms. The van der Waals surface area contributed by atoms with E-state index in [0.29, 0.717) is 37.8 Å². The fraction of sp³-hybridized carbons (Fsp3) is 0.500. The van der Waals surface area contributed by atoms with Crippen LogP contribution in [0.1, 0.15) is 5.69 Å². The number of thiazole rings is 1. The predicted octanol–water partition coefficient (Wildman–Crippen LogP) is -0.297. The summed E-state index contributed by atoms with van der Waals surface area (Å²) < 4.78 is 7.07. The Balaban J connectivity index is 1.59. The number of rotatable bonds is 2. The van der Waals surface area contributed by atoms with Crippen LogP contribution in [0.15, 0.2) is 22.4 Å². The standard InChI is InChI=1S/C14H16N4O3S/c19-12-3-10(16-14-18(12)1-2-22-14)5-17-4-9-7-21-8-11(6-17)15-13(9)20/h1-3,9,11H,4-8H2,(H,15,20)/t9-,11+/m1/s1. The van der Waals surface area contributed by atoms with E-state index in [1.165, 1.54) is 11.3 Å². The molecule has 2 saturated heterocycles. The first kappa shape index (κ1) is 13.9. The number of fused-ring (bicyclic) bond motifs is 4. The van der Waals surface area contributed by atoms with Crippen molar-refractivity contribution in [2.24, 2.45) is 5.92 Å². The number of ether oxygens (including phenoxy) is 1. The summed E-state index contributed by atoms with van der Waals surface area (Å²) >= 11 is 1.45. The summed E-state index contributed by atoms with van der Waals surface area (Å²) in [6.45, 7) is 2.92. The van der Waals surface area contributed by atoms with E-state index in [-0.39, 0.29) is 23.4 Å². The Labute approximate surface area is 130 Å². The van der Waals surface area contributed by atoms with Gasteiger partial charge >= 0.3 is 0 Å². The number of hydrogen-bond acceptors (Lipinski definition) is 6. The Morgan fingerprint density at radius 2 is 2.27 bits per heavy atom. The maximum atomic E-state index is 12.0. The maximum absolute atomic E-state index is 12.0. The molecule has 2 aromatic heterocycles. The predicted molar refractivity (Wildman–Crippen MR) is 80.9 cm³/mol. The fourth-order valence-corrected chi connectivity index (χ4v) is 3.79. The minimum Gasteiger partial charge on any atom is -0.378 e. The van der Waals surface area contributed by atoms with E-state index >= 15 is 0 Å². The molecule has 0 spiro atoms. The zero-order valence-corrected chi connectivity index (χ0v) is 12.7. The van der Waals surface area contributed by atoms with E-state index in [1.807, 2.05) is 5.38 Å². The summed E-state index contributed by atoms with van der Waals surface area (Å²) in [4.78, 5) is 31.5. The van der Waals surface area contributed by atoms with Gasteiger partial charge in [-0.15, -0.1) is 11.3 Å². The largest absolute Gasteiger partial charge is 0.378 e. The zero-order chi connectivity index (χ0) is 15.1. The van der Waals surface area contributed by atoms with Gasteiger partial charge in [0.2, 0.25) is 5.91 Å². The number of carbonyl (C=O) groups excluding carboxylic acids is 1. The minimum atomic E-state index is -0.154. The van der Waals surface area contributed by atoms with Gasteiger partial charge in [0.05, 0.1) is 30.9 Å². The molecule has 8 heteroatoms. The Bertz CT molecular complexity index is 771. The van der Waals surface area contributed by atoms with E-state index < -0.39 is 0 Å². The molecule has 2 aromatic rings. The molecule has 116 valence electrons. The van der Waals surface area contributed by atoms with Gasteiger partial charge in [0.25, 0.3) is 5.56 Å². The van der Waals surface area contributed by atoms with Gasteiger partial charge in [-0.2, -0.15) is 0 Å². The first-order chi connectivity index (χ1) is 10.7. The van der Waals surface area contributed by atoms with Crippen molar-refractivity contribution in [2.45, 2.75) is 12.6 Å². The van der Waals surface area contributed by atoms with Crippen molar-refractivity contribution in [3.05, 3.63) is 33.7 Å². The average molecular weight is 320 g/mol. The lowest BCUT2D eigenvalue weighted by molar-refractivity contribution is -0.125. The van der Waals surface area contributed by atoms with Crippen molar-refractivity contribution in [2.75, 3.05) is 26.3 Å². The highest BCUT2D eigenvalue weighted by molar-refractivity contribution is 7.15. The first-order valence-electron chi connectivity index (χ1n) is 7.25. The second-order valence-corrected chi connectivity index (χ2v) is 6.65. The van der Waals surface area contributed by atoms with Crippen LogP contribution < -0.4 is 10.9 Å². The number of carbonyl (C=O) groups is 1. The molecule has 0 unspecified atom stereocenters. The van der Waals surface area contributed by atoms with Gasteiger partial charge in [-0.25, -0.2) is 4.98 Å². The Kier molecular flexibility index (Phi) is 3.44. The molecular weight excluding hydrogens is 304 g/mol. The molecule has 0 saturated carbocycles. The second-order valence-electron chi connectivity index (χ2n) is 5.78. The van der Waals surface area contributed by atoms with Gasteiger partial charge in [-0.3, -0.25) is 18.9 Å². The van der Waals surface area contributed by atoms with Gasteiger partial charge in [0, 0.05) is 37.3 Å². The lowest BCUT2D eigenvalue weighted by Crippen LogP contribution is -2.41. The summed E-state index contributed by atoms with van der Waals surface area (Å²) in [5, 5.41) is 4.85. The highest BCUT2D eigenvalue weighted by Crippen LogP contribution is 2.16. The Morgan fingerprint density at radius 1 is 1.36 bits per heavy atom. The third kappa shape index (κ3) is 2.53. The van der Waals surface area contributed by atoms with Gasteiger partial charge in [0.1, 0.15) is 0 Å². The molecule has 0 aromatic carbocycles. The molecular formula is C14H16N4O3S. The van der Waals surface area contributed by atoms with Crippen molar-refractivity contribution >= 4 is 22.2 Å². The summed E-state index contributed by atoms with van der Waals surface area (Å²) in [6.07, 6.45) is 1.73. The highest BCUT2D eigenvalue weighted by Gasteiger charge is 2.33. The molecule has 2 aliphatic heterocycles. The quantitative estimate of drug-likeness (QED) is 0.822. The molecule has 0 radical (unpaired) electrons. The van der Waals surface area contributed by atoms with E-state index in [0.717, 1.165) is 5.69 Å². The normalized spacial score (nSPS) is 25.9. The number of hydrogen-bond donors (Lipinski definition) is 1. The van der Waals surface area contributed by atoms with Gasteiger partial charge in [-0.05, 0) is 0 Å². The topological polar surface area (TPSA) is 75.9 Å². The number of amides is 1. The number of aromatic nitrogens is 2. The molecule has 22 heavy (non-hydrogen) atoms. The molecule has 2 atom stereocenters. The van der Waals surface area contributed by atoms with Crippen LogP contribution in [0.5, 0.6) is 0 Å². The maximum Gasteiger partial charge on any atom is 0.258 e. The Hall–Kier alpha value is -1.77. The van der Waals surface area contributed by atoms with Crippen LogP contribution in [0.25, 0.3) is 4.96 Å². The number of nitrogens with one attached hydrogen (secondary N) is 1. The van der Waals surface area contributed by atoms with Crippen molar-refractivity contribution in [1.82, 2.24) is 19.6 Å². The van der Waals surface area contributed by atoms with Crippen LogP contribution in [-0.4, -0.2) is 52.5 Å². The molecule has 1 amide bonds. The third-order valence-electron chi connectivity index (χ3n) is 4.05. The molecule has 0 aliphatic carbocycles. The van der Waals surface area contributed by atoms with Gasteiger partial charge in [0.15, 0.2) is 4.96 Å². The second kappa shape index (κ2) is 5.45. The molecule has 4 heterocycles. The van der Waals surface area contributed by atoms with Crippen LogP contribution in [0.2, 0.25) is 0 Å². The van der Waals surface area contributed by atoms with Crippen molar-refractivity contribution in [1.29, 1.82) is 0 Å². The van der Waals surface area contributed by atoms with Gasteiger partial charge < -0.3 is 10.1 Å². The van der Waals surface area contributed by atoms with Crippen LogP contribution in [0, 0.1) is 5.92 Å². The lowest BCUT2D eigenvalue weighted by atomic mass is 10.1. The van der Waals surface area contributed by atoms with E-state index in [4.69, 9.17) is 4.74 Å². The first-order valence-corrected chi connectivity index (χ1v) is 8.13.